The van der Waals surface area contributed by atoms with Crippen molar-refractivity contribution in [3.8, 4) is 0 Å². The van der Waals surface area contributed by atoms with E-state index in [1.165, 1.54) is 64.6 Å². The summed E-state index contributed by atoms with van der Waals surface area (Å²) in [6.45, 7) is 16.0. The molecule has 1 saturated carbocycles. The SMILES string of the molecule is CCCN(CC1CCCCN1)C1CC(C)(C)CC(C)(C)C1. The zero-order valence-corrected chi connectivity index (χ0v) is 15.2. The van der Waals surface area contributed by atoms with Crippen LogP contribution in [0.15, 0.2) is 0 Å². The van der Waals surface area contributed by atoms with E-state index >= 15 is 0 Å². The Kier molecular flexibility index (Phi) is 5.76. The molecule has 2 fully saturated rings. The molecule has 1 unspecified atom stereocenters. The molecule has 0 aromatic rings. The van der Waals surface area contributed by atoms with E-state index in [2.05, 4.69) is 44.8 Å². The van der Waals surface area contributed by atoms with Crippen LogP contribution in [-0.4, -0.2) is 36.6 Å². The van der Waals surface area contributed by atoms with E-state index in [1.807, 2.05) is 0 Å². The van der Waals surface area contributed by atoms with Crippen molar-refractivity contribution in [3.63, 3.8) is 0 Å². The zero-order valence-electron chi connectivity index (χ0n) is 15.2. The van der Waals surface area contributed by atoms with Crippen molar-refractivity contribution in [3.05, 3.63) is 0 Å². The molecule has 124 valence electrons. The van der Waals surface area contributed by atoms with Crippen LogP contribution in [0.1, 0.15) is 79.6 Å². The summed E-state index contributed by atoms with van der Waals surface area (Å²) < 4.78 is 0. The Labute approximate surface area is 133 Å². The van der Waals surface area contributed by atoms with Gasteiger partial charge in [-0.05, 0) is 62.4 Å². The van der Waals surface area contributed by atoms with E-state index in [0.29, 0.717) is 10.8 Å². The van der Waals surface area contributed by atoms with Gasteiger partial charge in [-0.3, -0.25) is 4.90 Å². The molecular formula is C19H38N2. The second-order valence-corrected chi connectivity index (χ2v) is 9.21. The van der Waals surface area contributed by atoms with E-state index in [9.17, 15) is 0 Å². The third-order valence-electron chi connectivity index (χ3n) is 5.43. The molecule has 2 aliphatic rings. The Morgan fingerprint density at radius 2 is 1.71 bits per heavy atom. The molecule has 1 aliphatic heterocycles. The lowest BCUT2D eigenvalue weighted by molar-refractivity contribution is 0.0189. The summed E-state index contributed by atoms with van der Waals surface area (Å²) in [5.74, 6) is 0. The Balaban J connectivity index is 2.01. The predicted molar refractivity (Wildman–Crippen MR) is 92.7 cm³/mol. The molecule has 2 heteroatoms. The van der Waals surface area contributed by atoms with Crippen LogP contribution in [0.5, 0.6) is 0 Å². The first kappa shape index (κ1) is 17.3. The molecule has 0 aromatic heterocycles. The summed E-state index contributed by atoms with van der Waals surface area (Å²) in [5.41, 5.74) is 0.997. The van der Waals surface area contributed by atoms with Gasteiger partial charge in [-0.15, -0.1) is 0 Å². The Bertz CT molecular complexity index is 300. The van der Waals surface area contributed by atoms with Crippen LogP contribution in [0, 0.1) is 10.8 Å². The summed E-state index contributed by atoms with van der Waals surface area (Å²) in [6.07, 6.45) is 9.57. The van der Waals surface area contributed by atoms with Crippen LogP contribution < -0.4 is 5.32 Å². The molecule has 1 N–H and O–H groups in total. The van der Waals surface area contributed by atoms with Crippen LogP contribution in [0.3, 0.4) is 0 Å². The topological polar surface area (TPSA) is 15.3 Å². The summed E-state index contributed by atoms with van der Waals surface area (Å²) in [6, 6.07) is 1.52. The maximum atomic E-state index is 3.75. The normalized spacial score (nSPS) is 29.7. The van der Waals surface area contributed by atoms with E-state index < -0.39 is 0 Å². The lowest BCUT2D eigenvalue weighted by atomic mass is 9.63. The van der Waals surface area contributed by atoms with Gasteiger partial charge in [0.1, 0.15) is 0 Å². The third-order valence-corrected chi connectivity index (χ3v) is 5.43. The molecule has 0 spiro atoms. The molecular weight excluding hydrogens is 256 g/mol. The van der Waals surface area contributed by atoms with Crippen molar-refractivity contribution in [2.75, 3.05) is 19.6 Å². The van der Waals surface area contributed by atoms with Gasteiger partial charge in [0.05, 0.1) is 0 Å². The molecule has 1 saturated heterocycles. The minimum atomic E-state index is 0.498. The van der Waals surface area contributed by atoms with Gasteiger partial charge in [0.15, 0.2) is 0 Å². The zero-order chi connectivity index (χ0) is 15.5. The summed E-state index contributed by atoms with van der Waals surface area (Å²) >= 11 is 0. The van der Waals surface area contributed by atoms with Crippen LogP contribution in [-0.2, 0) is 0 Å². The molecule has 2 rings (SSSR count). The fourth-order valence-corrected chi connectivity index (χ4v) is 5.12. The predicted octanol–water partition coefficient (Wildman–Crippen LogP) is 4.45. The van der Waals surface area contributed by atoms with Crippen molar-refractivity contribution >= 4 is 0 Å². The van der Waals surface area contributed by atoms with Gasteiger partial charge < -0.3 is 5.32 Å². The van der Waals surface area contributed by atoms with Gasteiger partial charge >= 0.3 is 0 Å². The largest absolute Gasteiger partial charge is 0.313 e. The second kappa shape index (κ2) is 7.00. The highest BCUT2D eigenvalue weighted by Crippen LogP contribution is 2.47. The van der Waals surface area contributed by atoms with Gasteiger partial charge in [0.2, 0.25) is 0 Å². The molecule has 0 bridgehead atoms. The van der Waals surface area contributed by atoms with E-state index in [4.69, 9.17) is 0 Å². The fourth-order valence-electron chi connectivity index (χ4n) is 5.12. The van der Waals surface area contributed by atoms with Gasteiger partial charge in [0, 0.05) is 18.6 Å². The highest BCUT2D eigenvalue weighted by atomic mass is 15.2. The first-order valence-electron chi connectivity index (χ1n) is 9.29. The third kappa shape index (κ3) is 5.25. The quantitative estimate of drug-likeness (QED) is 0.806. The number of hydrogen-bond donors (Lipinski definition) is 1. The number of hydrogen-bond acceptors (Lipinski definition) is 2. The Morgan fingerprint density at radius 1 is 1.05 bits per heavy atom. The smallest absolute Gasteiger partial charge is 0.0195 e. The maximum absolute atomic E-state index is 3.75. The Hall–Kier alpha value is -0.0800. The fraction of sp³-hybridized carbons (Fsp3) is 1.00. The number of rotatable bonds is 5. The average Bonchev–Trinajstić information content (AvgIpc) is 2.36. The van der Waals surface area contributed by atoms with E-state index in [1.54, 1.807) is 0 Å². The number of nitrogens with one attached hydrogen (secondary N) is 1. The van der Waals surface area contributed by atoms with Crippen molar-refractivity contribution < 1.29 is 0 Å². The highest BCUT2D eigenvalue weighted by molar-refractivity contribution is 4.94. The van der Waals surface area contributed by atoms with Crippen LogP contribution in [0.4, 0.5) is 0 Å². The maximum Gasteiger partial charge on any atom is 0.0195 e. The minimum Gasteiger partial charge on any atom is -0.313 e. The first-order chi connectivity index (χ1) is 9.81. The summed E-state index contributed by atoms with van der Waals surface area (Å²) in [7, 11) is 0. The van der Waals surface area contributed by atoms with E-state index in [0.717, 1.165) is 12.1 Å². The van der Waals surface area contributed by atoms with Gasteiger partial charge in [0.25, 0.3) is 0 Å². The number of nitrogens with zero attached hydrogens (tertiary/aromatic N) is 1. The summed E-state index contributed by atoms with van der Waals surface area (Å²) in [5, 5.41) is 3.75. The standard InChI is InChI=1S/C19H38N2/c1-6-11-21(14-16-9-7-8-10-20-16)17-12-18(2,3)15-19(4,5)13-17/h16-17,20H,6-15H2,1-5H3. The van der Waals surface area contributed by atoms with Gasteiger partial charge in [-0.25, -0.2) is 0 Å². The molecule has 0 aromatic carbocycles. The average molecular weight is 295 g/mol. The first-order valence-corrected chi connectivity index (χ1v) is 9.29. The van der Waals surface area contributed by atoms with E-state index in [-0.39, 0.29) is 0 Å². The molecule has 21 heavy (non-hydrogen) atoms. The van der Waals surface area contributed by atoms with Crippen LogP contribution in [0.2, 0.25) is 0 Å². The lowest BCUT2D eigenvalue weighted by Gasteiger charge is -2.49. The number of piperidine rings is 1. The molecule has 0 amide bonds. The molecule has 1 heterocycles. The second-order valence-electron chi connectivity index (χ2n) is 9.21. The monoisotopic (exact) mass is 294 g/mol. The van der Waals surface area contributed by atoms with Gasteiger partial charge in [-0.2, -0.15) is 0 Å². The molecule has 2 nitrogen and oxygen atoms in total. The molecule has 1 atom stereocenters. The lowest BCUT2D eigenvalue weighted by Crippen LogP contribution is -2.51. The summed E-state index contributed by atoms with van der Waals surface area (Å²) in [4.78, 5) is 2.83. The van der Waals surface area contributed by atoms with Crippen molar-refractivity contribution in [1.82, 2.24) is 10.2 Å². The highest BCUT2D eigenvalue weighted by Gasteiger charge is 2.40. The van der Waals surface area contributed by atoms with Crippen LogP contribution >= 0.6 is 0 Å². The minimum absolute atomic E-state index is 0.498. The van der Waals surface area contributed by atoms with Crippen molar-refractivity contribution in [2.45, 2.75) is 91.6 Å². The Morgan fingerprint density at radius 3 is 2.24 bits per heavy atom. The molecule has 0 radical (unpaired) electrons. The van der Waals surface area contributed by atoms with Crippen LogP contribution in [0.25, 0.3) is 0 Å². The van der Waals surface area contributed by atoms with Crippen molar-refractivity contribution in [1.29, 1.82) is 0 Å². The van der Waals surface area contributed by atoms with Crippen molar-refractivity contribution in [2.24, 2.45) is 10.8 Å². The van der Waals surface area contributed by atoms with Gasteiger partial charge in [-0.1, -0.05) is 41.0 Å². The molecule has 1 aliphatic carbocycles.